The molecule has 3 rings (SSSR count). The zero-order valence-electron chi connectivity index (χ0n) is 13.7. The number of hydrogen-bond donors (Lipinski definition) is 0. The maximum absolute atomic E-state index is 13.9. The molecular formula is C19H19ClF2N2O. The Kier molecular flexibility index (Phi) is 5.53. The van der Waals surface area contributed by atoms with Gasteiger partial charge in [0, 0.05) is 42.5 Å². The van der Waals surface area contributed by atoms with Gasteiger partial charge in [0.15, 0.2) is 0 Å². The summed E-state index contributed by atoms with van der Waals surface area (Å²) < 4.78 is 26.9. The lowest BCUT2D eigenvalue weighted by Gasteiger charge is -2.24. The number of carbonyl (C=O) groups is 1. The Morgan fingerprint density at radius 3 is 2.48 bits per heavy atom. The van der Waals surface area contributed by atoms with Crippen molar-refractivity contribution >= 4 is 23.2 Å². The summed E-state index contributed by atoms with van der Waals surface area (Å²) in [7, 11) is 0. The van der Waals surface area contributed by atoms with Crippen molar-refractivity contribution < 1.29 is 13.6 Å². The van der Waals surface area contributed by atoms with Crippen LogP contribution in [-0.4, -0.2) is 37.0 Å². The molecule has 132 valence electrons. The second kappa shape index (κ2) is 7.83. The standard InChI is InChI=1S/C19H19ClF2N2O/c20-17-3-1-4-18(22)16(17)13-19(25)24-10-2-9-23(11-12-24)15-7-5-14(21)6-8-15/h1,3-8H,2,9-13H2. The summed E-state index contributed by atoms with van der Waals surface area (Å²) in [6, 6.07) is 10.8. The van der Waals surface area contributed by atoms with Gasteiger partial charge in [-0.2, -0.15) is 0 Å². The maximum atomic E-state index is 13.9. The predicted molar refractivity (Wildman–Crippen MR) is 94.9 cm³/mol. The molecule has 1 saturated heterocycles. The molecule has 2 aromatic rings. The van der Waals surface area contributed by atoms with Crippen LogP contribution in [0.1, 0.15) is 12.0 Å². The van der Waals surface area contributed by atoms with Crippen LogP contribution in [0.25, 0.3) is 0 Å². The highest BCUT2D eigenvalue weighted by atomic mass is 35.5. The van der Waals surface area contributed by atoms with Crippen molar-refractivity contribution in [1.29, 1.82) is 0 Å². The van der Waals surface area contributed by atoms with Gasteiger partial charge in [-0.15, -0.1) is 0 Å². The topological polar surface area (TPSA) is 23.6 Å². The molecule has 1 aliphatic heterocycles. The van der Waals surface area contributed by atoms with E-state index in [9.17, 15) is 13.6 Å². The molecule has 0 aliphatic carbocycles. The number of anilines is 1. The first-order valence-corrected chi connectivity index (χ1v) is 8.63. The van der Waals surface area contributed by atoms with Gasteiger partial charge in [-0.1, -0.05) is 17.7 Å². The van der Waals surface area contributed by atoms with Gasteiger partial charge in [-0.05, 0) is 42.8 Å². The van der Waals surface area contributed by atoms with E-state index in [2.05, 4.69) is 4.90 Å². The molecule has 0 atom stereocenters. The monoisotopic (exact) mass is 364 g/mol. The van der Waals surface area contributed by atoms with Crippen molar-refractivity contribution in [1.82, 2.24) is 4.90 Å². The molecule has 0 radical (unpaired) electrons. The summed E-state index contributed by atoms with van der Waals surface area (Å²) in [6.45, 7) is 2.60. The van der Waals surface area contributed by atoms with Crippen molar-refractivity contribution in [3.63, 3.8) is 0 Å². The molecule has 1 aliphatic rings. The van der Waals surface area contributed by atoms with E-state index < -0.39 is 5.82 Å². The fourth-order valence-electron chi connectivity index (χ4n) is 3.04. The summed E-state index contributed by atoms with van der Waals surface area (Å²) in [5.41, 5.74) is 1.18. The summed E-state index contributed by atoms with van der Waals surface area (Å²) in [6.07, 6.45) is 0.760. The van der Waals surface area contributed by atoms with Gasteiger partial charge < -0.3 is 9.80 Å². The molecule has 0 unspecified atom stereocenters. The zero-order chi connectivity index (χ0) is 17.8. The minimum absolute atomic E-state index is 0.0396. The highest BCUT2D eigenvalue weighted by Crippen LogP contribution is 2.21. The van der Waals surface area contributed by atoms with Gasteiger partial charge in [0.1, 0.15) is 11.6 Å². The number of halogens is 3. The average molecular weight is 365 g/mol. The fourth-order valence-corrected chi connectivity index (χ4v) is 3.27. The maximum Gasteiger partial charge on any atom is 0.227 e. The first-order valence-electron chi connectivity index (χ1n) is 8.26. The van der Waals surface area contributed by atoms with Gasteiger partial charge in [0.2, 0.25) is 5.91 Å². The molecule has 0 aromatic heterocycles. The summed E-state index contributed by atoms with van der Waals surface area (Å²) in [4.78, 5) is 16.4. The van der Waals surface area contributed by atoms with E-state index in [0.717, 1.165) is 18.7 Å². The SMILES string of the molecule is O=C(Cc1c(F)cccc1Cl)N1CCCN(c2ccc(F)cc2)CC1. The highest BCUT2D eigenvalue weighted by Gasteiger charge is 2.21. The number of carbonyl (C=O) groups excluding carboxylic acids is 1. The third-order valence-electron chi connectivity index (χ3n) is 4.43. The minimum atomic E-state index is -0.455. The Morgan fingerprint density at radius 2 is 1.76 bits per heavy atom. The Labute approximate surface area is 150 Å². The molecule has 0 saturated carbocycles. The van der Waals surface area contributed by atoms with Crippen LogP contribution in [0.2, 0.25) is 5.02 Å². The van der Waals surface area contributed by atoms with Crippen LogP contribution in [0.3, 0.4) is 0 Å². The number of benzene rings is 2. The van der Waals surface area contributed by atoms with E-state index in [4.69, 9.17) is 11.6 Å². The highest BCUT2D eigenvalue weighted by molar-refractivity contribution is 6.31. The van der Waals surface area contributed by atoms with Gasteiger partial charge in [0.05, 0.1) is 6.42 Å². The number of rotatable bonds is 3. The molecule has 25 heavy (non-hydrogen) atoms. The van der Waals surface area contributed by atoms with Crippen LogP contribution < -0.4 is 4.90 Å². The largest absolute Gasteiger partial charge is 0.370 e. The van der Waals surface area contributed by atoms with Crippen LogP contribution in [0.4, 0.5) is 14.5 Å². The van der Waals surface area contributed by atoms with Crippen LogP contribution in [0.5, 0.6) is 0 Å². The number of nitrogens with zero attached hydrogens (tertiary/aromatic N) is 2. The summed E-state index contributed by atoms with van der Waals surface area (Å²) in [5, 5.41) is 0.274. The first-order chi connectivity index (χ1) is 12.0. The van der Waals surface area contributed by atoms with Crippen LogP contribution in [0, 0.1) is 11.6 Å². The molecule has 0 spiro atoms. The lowest BCUT2D eigenvalue weighted by Crippen LogP contribution is -2.36. The van der Waals surface area contributed by atoms with E-state index >= 15 is 0 Å². The molecule has 1 amide bonds. The second-order valence-electron chi connectivity index (χ2n) is 6.07. The van der Waals surface area contributed by atoms with Crippen LogP contribution in [0.15, 0.2) is 42.5 Å². The van der Waals surface area contributed by atoms with Gasteiger partial charge in [-0.3, -0.25) is 4.79 Å². The third-order valence-corrected chi connectivity index (χ3v) is 4.78. The average Bonchev–Trinajstić information content (AvgIpc) is 2.85. The zero-order valence-corrected chi connectivity index (χ0v) is 14.5. The normalized spacial score (nSPS) is 15.2. The van der Waals surface area contributed by atoms with E-state index in [1.54, 1.807) is 23.1 Å². The van der Waals surface area contributed by atoms with Crippen molar-refractivity contribution in [2.24, 2.45) is 0 Å². The van der Waals surface area contributed by atoms with Gasteiger partial charge in [0.25, 0.3) is 0 Å². The molecule has 6 heteroatoms. The lowest BCUT2D eigenvalue weighted by atomic mass is 10.1. The van der Waals surface area contributed by atoms with Crippen molar-refractivity contribution in [3.05, 3.63) is 64.7 Å². The summed E-state index contributed by atoms with van der Waals surface area (Å²) in [5.74, 6) is -0.853. The van der Waals surface area contributed by atoms with E-state index in [1.165, 1.54) is 24.3 Å². The Morgan fingerprint density at radius 1 is 1.00 bits per heavy atom. The molecule has 3 nitrogen and oxygen atoms in total. The van der Waals surface area contributed by atoms with Gasteiger partial charge in [-0.25, -0.2) is 8.78 Å². The van der Waals surface area contributed by atoms with E-state index in [0.29, 0.717) is 19.6 Å². The van der Waals surface area contributed by atoms with E-state index in [-0.39, 0.29) is 28.7 Å². The quantitative estimate of drug-likeness (QED) is 0.824. The molecule has 1 heterocycles. The van der Waals surface area contributed by atoms with Crippen molar-refractivity contribution in [2.45, 2.75) is 12.8 Å². The smallest absolute Gasteiger partial charge is 0.227 e. The molecule has 1 fully saturated rings. The van der Waals surface area contributed by atoms with Crippen LogP contribution >= 0.6 is 11.6 Å². The van der Waals surface area contributed by atoms with E-state index in [1.807, 2.05) is 0 Å². The molecule has 0 bridgehead atoms. The first kappa shape index (κ1) is 17.7. The Hall–Kier alpha value is -2.14. The molecule has 2 aromatic carbocycles. The molecular weight excluding hydrogens is 346 g/mol. The lowest BCUT2D eigenvalue weighted by molar-refractivity contribution is -0.130. The third kappa shape index (κ3) is 4.28. The van der Waals surface area contributed by atoms with Gasteiger partial charge >= 0.3 is 0 Å². The second-order valence-corrected chi connectivity index (χ2v) is 6.48. The van der Waals surface area contributed by atoms with Crippen LogP contribution in [-0.2, 0) is 11.2 Å². The Bertz CT molecular complexity index is 731. The predicted octanol–water partition coefficient (Wildman–Crippen LogP) is 3.90. The van der Waals surface area contributed by atoms with Crippen molar-refractivity contribution in [3.8, 4) is 0 Å². The minimum Gasteiger partial charge on any atom is -0.370 e. The number of amides is 1. The Balaban J connectivity index is 1.64. The molecule has 0 N–H and O–H groups in total. The fraction of sp³-hybridized carbons (Fsp3) is 0.316. The summed E-state index contributed by atoms with van der Waals surface area (Å²) >= 11 is 6.01. The number of hydrogen-bond acceptors (Lipinski definition) is 2. The van der Waals surface area contributed by atoms with Crippen molar-refractivity contribution in [2.75, 3.05) is 31.1 Å².